The van der Waals surface area contributed by atoms with Crippen LogP contribution in [0, 0.1) is 0 Å². The molecule has 0 aliphatic carbocycles. The molecule has 4 nitrogen and oxygen atoms in total. The number of methoxy groups -OCH3 is 2. The smallest absolute Gasteiger partial charge is 0.308 e. The normalized spacial score (nSPS) is 12.6. The van der Waals surface area contributed by atoms with Crippen molar-refractivity contribution in [2.75, 3.05) is 20.8 Å². The van der Waals surface area contributed by atoms with Crippen molar-refractivity contribution in [3.63, 3.8) is 0 Å². The third kappa shape index (κ3) is 5.82. The number of aliphatic hydroxyl groups is 1. The fraction of sp³-hybridized carbons (Fsp3) is 0.857. The van der Waals surface area contributed by atoms with Gasteiger partial charge in [0, 0.05) is 13.7 Å². The Balaban J connectivity index is 3.35. The van der Waals surface area contributed by atoms with Crippen LogP contribution in [0.3, 0.4) is 0 Å². The molecule has 0 aliphatic heterocycles. The molecular formula is C7H14O4. The maximum absolute atomic E-state index is 10.6. The molecule has 1 N–H and O–H groups in total. The van der Waals surface area contributed by atoms with Crippen molar-refractivity contribution >= 4 is 5.97 Å². The monoisotopic (exact) mass is 162 g/mol. The van der Waals surface area contributed by atoms with Crippen LogP contribution in [0.1, 0.15) is 12.8 Å². The van der Waals surface area contributed by atoms with Crippen molar-refractivity contribution in [2.45, 2.75) is 18.9 Å². The van der Waals surface area contributed by atoms with Gasteiger partial charge in [0.05, 0.1) is 19.6 Å². The summed E-state index contributed by atoms with van der Waals surface area (Å²) in [4.78, 5) is 10.6. The average Bonchev–Trinajstić information content (AvgIpc) is 2.00. The van der Waals surface area contributed by atoms with E-state index in [1.54, 1.807) is 7.11 Å². The molecule has 0 rings (SSSR count). The lowest BCUT2D eigenvalue weighted by Gasteiger charge is -2.07. The van der Waals surface area contributed by atoms with Gasteiger partial charge >= 0.3 is 5.97 Å². The SMILES string of the molecule is COCC[C@H](O)CC(=O)OC. The minimum absolute atomic E-state index is 0.0415. The number of hydrogen-bond donors (Lipinski definition) is 1. The Kier molecular flexibility index (Phi) is 5.78. The molecule has 0 fully saturated rings. The molecular weight excluding hydrogens is 148 g/mol. The summed E-state index contributed by atoms with van der Waals surface area (Å²) < 4.78 is 9.08. The van der Waals surface area contributed by atoms with E-state index in [4.69, 9.17) is 9.84 Å². The van der Waals surface area contributed by atoms with Crippen LogP contribution in [0.15, 0.2) is 0 Å². The number of aliphatic hydroxyl groups excluding tert-OH is 1. The van der Waals surface area contributed by atoms with Crippen LogP contribution in [-0.4, -0.2) is 38.0 Å². The molecule has 0 aromatic rings. The van der Waals surface area contributed by atoms with Crippen LogP contribution in [-0.2, 0) is 14.3 Å². The number of carbonyl (C=O) groups is 1. The van der Waals surface area contributed by atoms with Gasteiger partial charge in [-0.3, -0.25) is 4.79 Å². The molecule has 4 heteroatoms. The molecule has 0 amide bonds. The second-order valence-electron chi connectivity index (χ2n) is 2.22. The summed E-state index contributed by atoms with van der Waals surface area (Å²) in [7, 11) is 2.84. The highest BCUT2D eigenvalue weighted by atomic mass is 16.5. The fourth-order valence-electron chi connectivity index (χ4n) is 0.632. The first-order valence-corrected chi connectivity index (χ1v) is 3.44. The molecule has 0 heterocycles. The van der Waals surface area contributed by atoms with Crippen LogP contribution in [0.25, 0.3) is 0 Å². The topological polar surface area (TPSA) is 55.8 Å². The summed E-state index contributed by atoms with van der Waals surface area (Å²) in [5.41, 5.74) is 0. The first-order chi connectivity index (χ1) is 5.20. The third-order valence-electron chi connectivity index (χ3n) is 1.29. The van der Waals surface area contributed by atoms with Crippen LogP contribution in [0.5, 0.6) is 0 Å². The first kappa shape index (κ1) is 10.4. The second-order valence-corrected chi connectivity index (χ2v) is 2.22. The van der Waals surface area contributed by atoms with E-state index in [1.807, 2.05) is 0 Å². The number of ether oxygens (including phenoxy) is 2. The van der Waals surface area contributed by atoms with E-state index in [0.717, 1.165) is 0 Å². The predicted molar refractivity (Wildman–Crippen MR) is 39.1 cm³/mol. The van der Waals surface area contributed by atoms with Crippen molar-refractivity contribution in [3.8, 4) is 0 Å². The summed E-state index contributed by atoms with van der Waals surface area (Å²) in [5, 5.41) is 9.10. The number of esters is 1. The Labute approximate surface area is 66.1 Å². The van der Waals surface area contributed by atoms with Gasteiger partial charge in [0.15, 0.2) is 0 Å². The fourth-order valence-corrected chi connectivity index (χ4v) is 0.632. The van der Waals surface area contributed by atoms with Crippen molar-refractivity contribution in [1.29, 1.82) is 0 Å². The van der Waals surface area contributed by atoms with Crippen LogP contribution in [0.2, 0.25) is 0 Å². The van der Waals surface area contributed by atoms with Gasteiger partial charge in [0.1, 0.15) is 0 Å². The summed E-state index contributed by atoms with van der Waals surface area (Å²) >= 11 is 0. The van der Waals surface area contributed by atoms with E-state index < -0.39 is 12.1 Å². The third-order valence-corrected chi connectivity index (χ3v) is 1.29. The molecule has 0 aliphatic rings. The van der Waals surface area contributed by atoms with E-state index >= 15 is 0 Å². The Morgan fingerprint density at radius 2 is 2.18 bits per heavy atom. The van der Waals surface area contributed by atoms with Gasteiger partial charge in [0.2, 0.25) is 0 Å². The summed E-state index contributed by atoms with van der Waals surface area (Å²) in [5.74, 6) is -0.395. The van der Waals surface area contributed by atoms with Gasteiger partial charge in [-0.05, 0) is 6.42 Å². The van der Waals surface area contributed by atoms with E-state index in [-0.39, 0.29) is 6.42 Å². The van der Waals surface area contributed by atoms with Crippen molar-refractivity contribution in [2.24, 2.45) is 0 Å². The zero-order chi connectivity index (χ0) is 8.69. The Bertz CT molecular complexity index is 113. The molecule has 0 saturated heterocycles. The number of hydrogen-bond acceptors (Lipinski definition) is 4. The maximum atomic E-state index is 10.6. The lowest BCUT2D eigenvalue weighted by molar-refractivity contribution is -0.143. The van der Waals surface area contributed by atoms with Crippen molar-refractivity contribution < 1.29 is 19.4 Å². The molecule has 0 spiro atoms. The molecule has 11 heavy (non-hydrogen) atoms. The quantitative estimate of drug-likeness (QED) is 0.576. The molecule has 0 bridgehead atoms. The van der Waals surface area contributed by atoms with Crippen LogP contribution in [0.4, 0.5) is 0 Å². The minimum atomic E-state index is -0.651. The molecule has 0 aromatic heterocycles. The predicted octanol–water partition coefficient (Wildman–Crippen LogP) is -0.0531. The summed E-state index contributed by atoms with van der Waals surface area (Å²) in [6, 6.07) is 0. The zero-order valence-electron chi connectivity index (χ0n) is 6.87. The highest BCUT2D eigenvalue weighted by molar-refractivity contribution is 5.69. The van der Waals surface area contributed by atoms with Crippen LogP contribution >= 0.6 is 0 Å². The van der Waals surface area contributed by atoms with Crippen LogP contribution < -0.4 is 0 Å². The van der Waals surface area contributed by atoms with Gasteiger partial charge in [-0.1, -0.05) is 0 Å². The van der Waals surface area contributed by atoms with Gasteiger partial charge in [-0.25, -0.2) is 0 Å². The zero-order valence-corrected chi connectivity index (χ0v) is 6.87. The average molecular weight is 162 g/mol. The van der Waals surface area contributed by atoms with Crippen molar-refractivity contribution in [1.82, 2.24) is 0 Å². The van der Waals surface area contributed by atoms with Crippen molar-refractivity contribution in [3.05, 3.63) is 0 Å². The molecule has 0 radical (unpaired) electrons. The van der Waals surface area contributed by atoms with E-state index in [2.05, 4.69) is 4.74 Å². The van der Waals surface area contributed by atoms with Gasteiger partial charge in [0.25, 0.3) is 0 Å². The standard InChI is InChI=1S/C7H14O4/c1-10-4-3-6(8)5-7(9)11-2/h6,8H,3-5H2,1-2H3/t6-/m0/s1. The molecule has 0 aromatic carbocycles. The van der Waals surface area contributed by atoms with Gasteiger partial charge < -0.3 is 14.6 Å². The van der Waals surface area contributed by atoms with Gasteiger partial charge in [-0.2, -0.15) is 0 Å². The molecule has 66 valence electrons. The largest absolute Gasteiger partial charge is 0.469 e. The number of rotatable bonds is 5. The van der Waals surface area contributed by atoms with E-state index in [1.165, 1.54) is 7.11 Å². The molecule has 0 saturated carbocycles. The lowest BCUT2D eigenvalue weighted by Crippen LogP contribution is -2.16. The lowest BCUT2D eigenvalue weighted by atomic mass is 10.2. The Hall–Kier alpha value is -0.610. The van der Waals surface area contributed by atoms with Gasteiger partial charge in [-0.15, -0.1) is 0 Å². The Morgan fingerprint density at radius 1 is 1.55 bits per heavy atom. The minimum Gasteiger partial charge on any atom is -0.469 e. The molecule has 0 unspecified atom stereocenters. The maximum Gasteiger partial charge on any atom is 0.308 e. The second kappa shape index (κ2) is 6.12. The summed E-state index contributed by atoms with van der Waals surface area (Å²) in [6.45, 7) is 0.457. The Morgan fingerprint density at radius 3 is 2.64 bits per heavy atom. The first-order valence-electron chi connectivity index (χ1n) is 3.44. The molecule has 1 atom stereocenters. The van der Waals surface area contributed by atoms with E-state index in [0.29, 0.717) is 13.0 Å². The highest BCUT2D eigenvalue weighted by Crippen LogP contribution is 1.98. The number of carbonyl (C=O) groups excluding carboxylic acids is 1. The highest BCUT2D eigenvalue weighted by Gasteiger charge is 2.09. The van der Waals surface area contributed by atoms with E-state index in [9.17, 15) is 4.79 Å². The summed E-state index contributed by atoms with van der Waals surface area (Å²) in [6.07, 6.45) is -0.145.